The summed E-state index contributed by atoms with van der Waals surface area (Å²) in [4.78, 5) is 25.7. The molecule has 0 unspecified atom stereocenters. The Morgan fingerprint density at radius 1 is 1.44 bits per heavy atom. The zero-order chi connectivity index (χ0) is 7.57. The van der Waals surface area contributed by atoms with Gasteiger partial charge in [0.05, 0.1) is 0 Å². The first-order chi connectivity index (χ1) is 3.81. The molecule has 0 aliphatic carbocycles. The summed E-state index contributed by atoms with van der Waals surface area (Å²) in [6, 6.07) is 0. The van der Waals surface area contributed by atoms with Gasteiger partial charge in [-0.15, -0.1) is 0 Å². The third-order valence-corrected chi connectivity index (χ3v) is 1.41. The summed E-state index contributed by atoms with van der Waals surface area (Å²) >= 11 is 5.13. The molecule has 0 aliphatic rings. The van der Waals surface area contributed by atoms with Gasteiger partial charge in [-0.1, -0.05) is 0 Å². The van der Waals surface area contributed by atoms with E-state index in [1.165, 1.54) is 0 Å². The molecule has 4 nitrogen and oxygen atoms in total. The van der Waals surface area contributed by atoms with Crippen molar-refractivity contribution < 1.29 is 19.2 Å². The van der Waals surface area contributed by atoms with Crippen LogP contribution < -0.4 is 0 Å². The minimum atomic E-state index is -4.71. The van der Waals surface area contributed by atoms with Crippen molar-refractivity contribution in [1.82, 2.24) is 0 Å². The van der Waals surface area contributed by atoms with Crippen LogP contribution in [0.15, 0.2) is 0 Å². The second kappa shape index (κ2) is 2.66. The van der Waals surface area contributed by atoms with Gasteiger partial charge in [0, 0.05) is 0 Å². The van der Waals surface area contributed by atoms with Crippen LogP contribution in [0.1, 0.15) is 0 Å². The zero-order valence-electron chi connectivity index (χ0n) is 4.99. The van der Waals surface area contributed by atoms with E-state index in [4.69, 9.17) is 26.3 Å². The monoisotopic (exact) mass is 176 g/mol. The predicted octanol–water partition coefficient (Wildman–Crippen LogP) is 0.0618. The van der Waals surface area contributed by atoms with E-state index in [1.807, 2.05) is 0 Å². The Balaban J connectivity index is 3.60. The van der Waals surface area contributed by atoms with E-state index >= 15 is 0 Å². The van der Waals surface area contributed by atoms with Gasteiger partial charge in [0.15, 0.2) is 0 Å². The molecule has 0 amide bonds. The Kier molecular flexibility index (Phi) is 2.83. The maximum atomic E-state index is 8.57. The molecule has 0 atom stereocenters. The summed E-state index contributed by atoms with van der Waals surface area (Å²) in [6.07, 6.45) is 0. The Bertz CT molecular complexity index is 88.5. The summed E-state index contributed by atoms with van der Waals surface area (Å²) in [7, 11) is -4.71. The first-order valence-corrected chi connectivity index (χ1v) is 5.28. The number of alkyl halides is 1. The van der Waals surface area contributed by atoms with E-state index in [0.29, 0.717) is 0 Å². The van der Waals surface area contributed by atoms with Crippen molar-refractivity contribution in [2.75, 3.05) is 19.2 Å². The van der Waals surface area contributed by atoms with Crippen LogP contribution in [-0.4, -0.2) is 33.8 Å². The fourth-order valence-corrected chi connectivity index (χ4v) is 0.952. The molecule has 0 aromatic carbocycles. The van der Waals surface area contributed by atoms with Crippen LogP contribution in [0.2, 0.25) is 0 Å². The van der Waals surface area contributed by atoms with Crippen molar-refractivity contribution in [3.8, 4) is 0 Å². The van der Waals surface area contributed by atoms with Gasteiger partial charge in [-0.3, -0.25) is 0 Å². The van der Waals surface area contributed by atoms with Crippen LogP contribution in [0.5, 0.6) is 0 Å². The standard InChI is InChI=1S/C3H10ClO4P/c1-9(5,6,7)8-3-2-4/h5-7H,2-3H2,1H3. The summed E-state index contributed by atoms with van der Waals surface area (Å²) in [5, 5.41) is 0. The van der Waals surface area contributed by atoms with Crippen LogP contribution in [-0.2, 0) is 4.52 Å². The second-order valence-corrected chi connectivity index (χ2v) is 5.05. The fourth-order valence-electron chi connectivity index (χ4n) is 0.248. The summed E-state index contributed by atoms with van der Waals surface area (Å²) in [6.45, 7) is 0.761. The summed E-state index contributed by atoms with van der Waals surface area (Å²) in [5.41, 5.74) is 0. The SMILES string of the molecule is CP(O)(O)(O)OCCCl. The van der Waals surface area contributed by atoms with Gasteiger partial charge < -0.3 is 0 Å². The van der Waals surface area contributed by atoms with Gasteiger partial charge in [0.2, 0.25) is 0 Å². The van der Waals surface area contributed by atoms with Crippen molar-refractivity contribution in [3.05, 3.63) is 0 Å². The molecule has 0 spiro atoms. The molecule has 0 aliphatic heterocycles. The summed E-state index contributed by atoms with van der Waals surface area (Å²) in [5.74, 6) is 0.118. The van der Waals surface area contributed by atoms with Crippen molar-refractivity contribution in [2.45, 2.75) is 0 Å². The minimum absolute atomic E-state index is 0.0701. The molecule has 0 saturated carbocycles. The van der Waals surface area contributed by atoms with Gasteiger partial charge in [-0.05, 0) is 0 Å². The molecule has 0 aromatic rings. The van der Waals surface area contributed by atoms with E-state index < -0.39 is 7.51 Å². The van der Waals surface area contributed by atoms with E-state index in [0.717, 1.165) is 6.66 Å². The maximum absolute atomic E-state index is 8.57. The first-order valence-electron chi connectivity index (χ1n) is 2.29. The molecule has 6 heteroatoms. The number of halogens is 1. The molecule has 0 aromatic heterocycles. The molecule has 0 heterocycles. The molecule has 0 bridgehead atoms. The molecule has 0 rings (SSSR count). The Morgan fingerprint density at radius 3 is 2.00 bits per heavy atom. The van der Waals surface area contributed by atoms with Gasteiger partial charge >= 0.3 is 57.5 Å². The quantitative estimate of drug-likeness (QED) is 0.420. The van der Waals surface area contributed by atoms with Crippen molar-refractivity contribution in [1.29, 1.82) is 0 Å². The van der Waals surface area contributed by atoms with Crippen LogP contribution in [0, 0.1) is 0 Å². The van der Waals surface area contributed by atoms with E-state index in [-0.39, 0.29) is 12.5 Å². The predicted molar refractivity (Wildman–Crippen MR) is 36.2 cm³/mol. The van der Waals surface area contributed by atoms with E-state index in [2.05, 4.69) is 4.52 Å². The van der Waals surface area contributed by atoms with Gasteiger partial charge in [-0.25, -0.2) is 0 Å². The van der Waals surface area contributed by atoms with Crippen LogP contribution in [0.4, 0.5) is 0 Å². The van der Waals surface area contributed by atoms with E-state index in [1.54, 1.807) is 0 Å². The molecule has 3 N–H and O–H groups in total. The van der Waals surface area contributed by atoms with Crippen molar-refractivity contribution in [2.24, 2.45) is 0 Å². The fraction of sp³-hybridized carbons (Fsp3) is 1.00. The molecule has 58 valence electrons. The Hall–Kier alpha value is 0.560. The molecule has 0 saturated heterocycles. The molecule has 0 fully saturated rings. The summed E-state index contributed by atoms with van der Waals surface area (Å²) < 4.78 is 4.23. The van der Waals surface area contributed by atoms with Gasteiger partial charge in [0.1, 0.15) is 0 Å². The van der Waals surface area contributed by atoms with E-state index in [9.17, 15) is 0 Å². The third-order valence-electron chi connectivity index (χ3n) is 0.471. The third kappa shape index (κ3) is 8.56. The Morgan fingerprint density at radius 2 is 1.89 bits per heavy atom. The molecule has 0 radical (unpaired) electrons. The average molecular weight is 177 g/mol. The molecular weight excluding hydrogens is 166 g/mol. The van der Waals surface area contributed by atoms with Gasteiger partial charge in [-0.2, -0.15) is 0 Å². The second-order valence-electron chi connectivity index (χ2n) is 1.82. The van der Waals surface area contributed by atoms with Gasteiger partial charge in [0.25, 0.3) is 0 Å². The number of rotatable bonds is 3. The normalized spacial score (nSPS) is 16.8. The topological polar surface area (TPSA) is 69.9 Å². The zero-order valence-corrected chi connectivity index (χ0v) is 6.64. The van der Waals surface area contributed by atoms with Crippen LogP contribution in [0.25, 0.3) is 0 Å². The number of hydrogen-bond acceptors (Lipinski definition) is 4. The van der Waals surface area contributed by atoms with Crippen molar-refractivity contribution >= 4 is 19.1 Å². The molecule has 9 heavy (non-hydrogen) atoms. The number of hydrogen-bond donors (Lipinski definition) is 3. The van der Waals surface area contributed by atoms with Crippen LogP contribution >= 0.6 is 19.1 Å². The van der Waals surface area contributed by atoms with Crippen molar-refractivity contribution in [3.63, 3.8) is 0 Å². The molecular formula is C3H10ClO4P. The first kappa shape index (κ1) is 9.56. The van der Waals surface area contributed by atoms with Crippen LogP contribution in [0.3, 0.4) is 0 Å². The Labute approximate surface area is 58.3 Å². The average Bonchev–Trinajstić information content (AvgIpc) is 1.57.